The lowest BCUT2D eigenvalue weighted by molar-refractivity contribution is -0.115. The molecule has 0 aliphatic rings. The summed E-state index contributed by atoms with van der Waals surface area (Å²) in [5.74, 6) is -1.23. The van der Waals surface area contributed by atoms with Gasteiger partial charge in [-0.15, -0.1) is 0 Å². The number of hydrogen-bond donors (Lipinski definition) is 3. The van der Waals surface area contributed by atoms with Crippen molar-refractivity contribution in [2.24, 2.45) is 0 Å². The second-order valence-corrected chi connectivity index (χ2v) is 8.74. The summed E-state index contributed by atoms with van der Waals surface area (Å²) < 4.78 is 78.4. The predicted octanol–water partition coefficient (Wildman–Crippen LogP) is 5.16. The van der Waals surface area contributed by atoms with E-state index in [-0.39, 0.29) is 27.5 Å². The summed E-state index contributed by atoms with van der Waals surface area (Å²) in [6.45, 7) is 0.300. The number of anilines is 3. The van der Waals surface area contributed by atoms with Crippen LogP contribution in [0.15, 0.2) is 71.6 Å². The first-order chi connectivity index (χ1) is 15.4. The van der Waals surface area contributed by atoms with E-state index in [4.69, 9.17) is 0 Å². The smallest absolute Gasteiger partial charge is 0.375 e. The molecule has 174 valence electrons. The van der Waals surface area contributed by atoms with E-state index in [1.54, 1.807) is 6.92 Å². The molecule has 0 bridgehead atoms. The summed E-state index contributed by atoms with van der Waals surface area (Å²) in [5, 5.41) is 4.73. The average molecular weight is 481 g/mol. The Labute approximate surface area is 187 Å². The molecule has 0 saturated carbocycles. The lowest BCUT2D eigenvalue weighted by Crippen LogP contribution is -2.22. The number of halogens is 4. The molecule has 0 aliphatic carbocycles. The second kappa shape index (κ2) is 9.49. The number of carbonyl (C=O) groups excluding carboxylic acids is 1. The van der Waals surface area contributed by atoms with Crippen molar-refractivity contribution in [3.8, 4) is 0 Å². The maximum atomic E-state index is 13.1. The molecule has 3 aromatic rings. The van der Waals surface area contributed by atoms with Crippen LogP contribution in [0.25, 0.3) is 0 Å². The molecule has 0 spiro atoms. The lowest BCUT2D eigenvalue weighted by atomic mass is 10.1. The molecular weight excluding hydrogens is 462 g/mol. The highest BCUT2D eigenvalue weighted by atomic mass is 32.2. The Hall–Kier alpha value is -3.60. The molecule has 11 heteroatoms. The first kappa shape index (κ1) is 24.1. The maximum Gasteiger partial charge on any atom is 0.405 e. The molecule has 3 aromatic carbocycles. The van der Waals surface area contributed by atoms with Gasteiger partial charge in [0.2, 0.25) is 0 Å². The Morgan fingerprint density at radius 1 is 0.939 bits per heavy atom. The van der Waals surface area contributed by atoms with E-state index < -0.39 is 34.5 Å². The molecule has 0 radical (unpaired) electrons. The fourth-order valence-corrected chi connectivity index (χ4v) is 3.96. The van der Waals surface area contributed by atoms with Crippen LogP contribution in [0.4, 0.5) is 34.6 Å². The van der Waals surface area contributed by atoms with Crippen molar-refractivity contribution in [3.05, 3.63) is 83.7 Å². The Morgan fingerprint density at radius 3 is 2.21 bits per heavy atom. The van der Waals surface area contributed by atoms with E-state index in [9.17, 15) is 30.8 Å². The van der Waals surface area contributed by atoms with Crippen LogP contribution in [0.5, 0.6) is 0 Å². The van der Waals surface area contributed by atoms with Crippen LogP contribution in [0.2, 0.25) is 0 Å². The van der Waals surface area contributed by atoms with Gasteiger partial charge in [0.05, 0.1) is 16.3 Å². The molecule has 0 unspecified atom stereocenters. The van der Waals surface area contributed by atoms with Crippen molar-refractivity contribution in [2.45, 2.75) is 18.0 Å². The number of sulfonamides is 1. The largest absolute Gasteiger partial charge is 0.405 e. The standard InChI is InChI=1S/C22H19F4N3O3S/c1-14-6-11-17(33(31,32)29-16-9-7-15(23)8-10-16)12-18(14)21(30)28-20-5-3-2-4-19(20)27-13-22(24,25)26/h2-12,27,29H,13H2,1H3,(H,28,30). The van der Waals surface area contributed by atoms with E-state index >= 15 is 0 Å². The molecule has 0 atom stereocenters. The van der Waals surface area contributed by atoms with E-state index in [0.717, 1.165) is 18.2 Å². The molecule has 0 aromatic heterocycles. The molecule has 0 fully saturated rings. The number of carbonyl (C=O) groups is 1. The number of rotatable bonds is 7. The van der Waals surface area contributed by atoms with Crippen LogP contribution in [0.3, 0.4) is 0 Å². The van der Waals surface area contributed by atoms with Crippen molar-refractivity contribution in [1.82, 2.24) is 0 Å². The highest BCUT2D eigenvalue weighted by molar-refractivity contribution is 7.92. The van der Waals surface area contributed by atoms with E-state index in [2.05, 4.69) is 15.4 Å². The predicted molar refractivity (Wildman–Crippen MR) is 117 cm³/mol. The number of benzene rings is 3. The molecule has 3 N–H and O–H groups in total. The van der Waals surface area contributed by atoms with Crippen LogP contribution in [0, 0.1) is 12.7 Å². The molecular formula is C22H19F4N3O3S. The molecule has 0 aliphatic heterocycles. The number of hydrogen-bond acceptors (Lipinski definition) is 4. The van der Waals surface area contributed by atoms with Crippen LogP contribution in [-0.4, -0.2) is 27.0 Å². The average Bonchev–Trinajstić information content (AvgIpc) is 2.74. The molecule has 6 nitrogen and oxygen atoms in total. The van der Waals surface area contributed by atoms with Crippen molar-refractivity contribution in [3.63, 3.8) is 0 Å². The Morgan fingerprint density at radius 2 is 1.58 bits per heavy atom. The monoisotopic (exact) mass is 481 g/mol. The first-order valence-electron chi connectivity index (χ1n) is 9.55. The fourth-order valence-electron chi connectivity index (χ4n) is 2.88. The van der Waals surface area contributed by atoms with E-state index in [1.165, 1.54) is 48.5 Å². The van der Waals surface area contributed by atoms with Gasteiger partial charge in [-0.05, 0) is 61.0 Å². The van der Waals surface area contributed by atoms with Gasteiger partial charge in [0.15, 0.2) is 0 Å². The highest BCUT2D eigenvalue weighted by Crippen LogP contribution is 2.25. The van der Waals surface area contributed by atoms with Gasteiger partial charge in [-0.25, -0.2) is 12.8 Å². The highest BCUT2D eigenvalue weighted by Gasteiger charge is 2.27. The minimum atomic E-state index is -4.45. The van der Waals surface area contributed by atoms with Crippen LogP contribution in [0.1, 0.15) is 15.9 Å². The zero-order valence-electron chi connectivity index (χ0n) is 17.2. The number of nitrogens with one attached hydrogen (secondary N) is 3. The second-order valence-electron chi connectivity index (χ2n) is 7.06. The van der Waals surface area contributed by atoms with Crippen molar-refractivity contribution < 1.29 is 30.8 Å². The zero-order valence-corrected chi connectivity index (χ0v) is 18.0. The third kappa shape index (κ3) is 6.45. The van der Waals surface area contributed by atoms with Gasteiger partial charge in [0, 0.05) is 11.3 Å². The Bertz CT molecular complexity index is 1260. The normalized spacial score (nSPS) is 11.7. The molecule has 1 amide bonds. The number of para-hydroxylation sites is 2. The fraction of sp³-hybridized carbons (Fsp3) is 0.136. The summed E-state index contributed by atoms with van der Waals surface area (Å²) in [7, 11) is -4.09. The Balaban J connectivity index is 1.84. The van der Waals surface area contributed by atoms with Gasteiger partial charge in [0.1, 0.15) is 12.4 Å². The van der Waals surface area contributed by atoms with Gasteiger partial charge in [-0.1, -0.05) is 18.2 Å². The number of amides is 1. The molecule has 3 rings (SSSR count). The van der Waals surface area contributed by atoms with Gasteiger partial charge in [0.25, 0.3) is 15.9 Å². The quantitative estimate of drug-likeness (QED) is 0.407. The maximum absolute atomic E-state index is 13.1. The summed E-state index contributed by atoms with van der Waals surface area (Å²) in [4.78, 5) is 12.6. The Kier molecular flexibility index (Phi) is 6.92. The third-order valence-corrected chi connectivity index (χ3v) is 5.89. The van der Waals surface area contributed by atoms with Gasteiger partial charge < -0.3 is 10.6 Å². The summed E-state index contributed by atoms with van der Waals surface area (Å²) >= 11 is 0. The van der Waals surface area contributed by atoms with Gasteiger partial charge in [-0.3, -0.25) is 9.52 Å². The first-order valence-corrected chi connectivity index (χ1v) is 11.0. The number of aryl methyl sites for hydroxylation is 1. The van der Waals surface area contributed by atoms with E-state index in [1.807, 2.05) is 0 Å². The van der Waals surface area contributed by atoms with Crippen LogP contribution < -0.4 is 15.4 Å². The van der Waals surface area contributed by atoms with Crippen LogP contribution in [-0.2, 0) is 10.0 Å². The molecule has 0 heterocycles. The molecule has 33 heavy (non-hydrogen) atoms. The summed E-state index contributed by atoms with van der Waals surface area (Å²) in [5.41, 5.74) is 0.760. The number of alkyl halides is 3. The minimum Gasteiger partial charge on any atom is -0.375 e. The van der Waals surface area contributed by atoms with Crippen LogP contribution >= 0.6 is 0 Å². The van der Waals surface area contributed by atoms with Gasteiger partial charge in [-0.2, -0.15) is 13.2 Å². The minimum absolute atomic E-state index is 0.0163. The van der Waals surface area contributed by atoms with Crippen molar-refractivity contribution in [1.29, 1.82) is 0 Å². The van der Waals surface area contributed by atoms with E-state index in [0.29, 0.717) is 5.56 Å². The SMILES string of the molecule is Cc1ccc(S(=O)(=O)Nc2ccc(F)cc2)cc1C(=O)Nc1ccccc1NCC(F)(F)F. The zero-order chi connectivity index (χ0) is 24.2. The van der Waals surface area contributed by atoms with Gasteiger partial charge >= 0.3 is 6.18 Å². The summed E-state index contributed by atoms with van der Waals surface area (Å²) in [6.07, 6.45) is -4.45. The topological polar surface area (TPSA) is 87.3 Å². The van der Waals surface area contributed by atoms with Crippen molar-refractivity contribution >= 4 is 33.0 Å². The lowest BCUT2D eigenvalue weighted by Gasteiger charge is -2.15. The third-order valence-electron chi connectivity index (χ3n) is 4.51. The summed E-state index contributed by atoms with van der Waals surface area (Å²) in [6, 6.07) is 14.4. The van der Waals surface area contributed by atoms with Crippen molar-refractivity contribution in [2.75, 3.05) is 21.9 Å². The molecule has 0 saturated heterocycles.